The first kappa shape index (κ1) is 27.2. The molecule has 0 aromatic rings. The zero-order valence-corrected chi connectivity index (χ0v) is 18.5. The molecular formula is C24H42NO4+. The lowest BCUT2D eigenvalue weighted by Gasteiger charge is -2.16. The van der Waals surface area contributed by atoms with Crippen molar-refractivity contribution in [3.8, 4) is 0 Å². The maximum atomic E-state index is 12.0. The first-order chi connectivity index (χ1) is 14.0. The smallest absolute Gasteiger partial charge is 0.433 e. The molecule has 0 spiro atoms. The Bertz CT molecular complexity index is 487. The molecule has 5 nitrogen and oxygen atoms in total. The fourth-order valence-electron chi connectivity index (χ4n) is 3.20. The number of nitrogens with zero attached hydrogens (tertiary/aromatic N) is 1. The molecule has 5 heteroatoms. The Hall–Kier alpha value is -1.78. The van der Waals surface area contributed by atoms with Crippen molar-refractivity contribution in [2.45, 2.75) is 109 Å². The largest absolute Gasteiger partial charge is 0.462 e. The number of esters is 1. The molecule has 0 heterocycles. The molecule has 0 fully saturated rings. The molecule has 166 valence electrons. The summed E-state index contributed by atoms with van der Waals surface area (Å²) in [6, 6.07) is 0. The third-order valence-electron chi connectivity index (χ3n) is 5.03. The van der Waals surface area contributed by atoms with Gasteiger partial charge >= 0.3 is 11.9 Å². The SMILES string of the molecule is C=CCCCCCCCC(=O)OC(CC)CCCCCCCC(=O)[N+](=O)CC=C. The average Bonchev–Trinajstić information content (AvgIpc) is 2.71. The van der Waals surface area contributed by atoms with Crippen molar-refractivity contribution in [3.05, 3.63) is 30.2 Å². The van der Waals surface area contributed by atoms with Crippen LogP contribution in [0.1, 0.15) is 103 Å². The number of amides is 1. The maximum absolute atomic E-state index is 12.0. The molecule has 1 atom stereocenters. The highest BCUT2D eigenvalue weighted by molar-refractivity contribution is 5.69. The quantitative estimate of drug-likeness (QED) is 0.100. The molecule has 0 aliphatic carbocycles. The molecule has 0 saturated heterocycles. The van der Waals surface area contributed by atoms with Gasteiger partial charge < -0.3 is 4.74 Å². The summed E-state index contributed by atoms with van der Waals surface area (Å²) in [6.07, 6.45) is 17.4. The van der Waals surface area contributed by atoms with Crippen LogP contribution in [-0.4, -0.2) is 29.3 Å². The van der Waals surface area contributed by atoms with Gasteiger partial charge in [-0.2, -0.15) is 0 Å². The van der Waals surface area contributed by atoms with E-state index >= 15 is 0 Å². The Morgan fingerprint density at radius 1 is 0.862 bits per heavy atom. The molecule has 0 radical (unpaired) electrons. The predicted octanol–water partition coefficient (Wildman–Crippen LogP) is 6.45. The average molecular weight is 409 g/mol. The summed E-state index contributed by atoms with van der Waals surface area (Å²) < 4.78 is 6.08. The molecule has 0 N–H and O–H groups in total. The molecule has 0 saturated carbocycles. The van der Waals surface area contributed by atoms with Crippen LogP contribution < -0.4 is 0 Å². The van der Waals surface area contributed by atoms with Crippen molar-refractivity contribution in [1.29, 1.82) is 0 Å². The van der Waals surface area contributed by atoms with E-state index in [9.17, 15) is 14.5 Å². The van der Waals surface area contributed by atoms with Crippen molar-refractivity contribution in [3.63, 3.8) is 0 Å². The highest BCUT2D eigenvalue weighted by Gasteiger charge is 2.18. The van der Waals surface area contributed by atoms with E-state index in [0.717, 1.165) is 64.2 Å². The van der Waals surface area contributed by atoms with Crippen molar-refractivity contribution >= 4 is 11.9 Å². The maximum Gasteiger partial charge on any atom is 0.433 e. The number of rotatable bonds is 20. The molecule has 1 unspecified atom stereocenters. The number of hydrogen-bond donors (Lipinski definition) is 0. The van der Waals surface area contributed by atoms with Crippen LogP contribution in [0, 0.1) is 4.91 Å². The van der Waals surface area contributed by atoms with Gasteiger partial charge in [0.25, 0.3) is 0 Å². The van der Waals surface area contributed by atoms with Gasteiger partial charge in [-0.1, -0.05) is 58.1 Å². The molecule has 29 heavy (non-hydrogen) atoms. The van der Waals surface area contributed by atoms with Crippen molar-refractivity contribution < 1.29 is 19.1 Å². The van der Waals surface area contributed by atoms with Crippen LogP contribution in [-0.2, 0) is 14.3 Å². The summed E-state index contributed by atoms with van der Waals surface area (Å²) in [5.74, 6) is -0.428. The number of carbonyl (C=O) groups is 2. The van der Waals surface area contributed by atoms with Gasteiger partial charge in [-0.25, -0.2) is 4.79 Å². The minimum atomic E-state index is -0.361. The second-order valence-corrected chi connectivity index (χ2v) is 7.67. The highest BCUT2D eigenvalue weighted by Crippen LogP contribution is 2.15. The van der Waals surface area contributed by atoms with E-state index in [1.165, 1.54) is 25.3 Å². The van der Waals surface area contributed by atoms with Crippen LogP contribution in [0.5, 0.6) is 0 Å². The Kier molecular flexibility index (Phi) is 18.3. The Labute approximate surface area is 177 Å². The first-order valence-electron chi connectivity index (χ1n) is 11.4. The lowest BCUT2D eigenvalue weighted by Crippen LogP contribution is -2.17. The number of ether oxygens (including phenoxy) is 1. The summed E-state index contributed by atoms with van der Waals surface area (Å²) in [5.41, 5.74) is 0. The predicted molar refractivity (Wildman–Crippen MR) is 119 cm³/mol. The summed E-state index contributed by atoms with van der Waals surface area (Å²) >= 11 is 0. The van der Waals surface area contributed by atoms with Crippen LogP contribution in [0.3, 0.4) is 0 Å². The fourth-order valence-corrected chi connectivity index (χ4v) is 3.20. The highest BCUT2D eigenvalue weighted by atomic mass is 16.5. The van der Waals surface area contributed by atoms with Gasteiger partial charge in [-0.05, 0) is 51.0 Å². The van der Waals surface area contributed by atoms with Gasteiger partial charge in [0, 0.05) is 11.3 Å². The first-order valence-corrected chi connectivity index (χ1v) is 11.4. The summed E-state index contributed by atoms with van der Waals surface area (Å²) in [5, 5.41) is 0. The van der Waals surface area contributed by atoms with Gasteiger partial charge in [0.2, 0.25) is 6.54 Å². The summed E-state index contributed by atoms with van der Waals surface area (Å²) in [7, 11) is 0. The van der Waals surface area contributed by atoms with Crippen LogP contribution in [0.25, 0.3) is 0 Å². The van der Waals surface area contributed by atoms with E-state index in [1.54, 1.807) is 0 Å². The summed E-state index contributed by atoms with van der Waals surface area (Å²) in [4.78, 5) is 34.8. The molecule has 0 aromatic carbocycles. The minimum absolute atomic E-state index is 0.0181. The van der Waals surface area contributed by atoms with Gasteiger partial charge in [0.05, 0.1) is 11.2 Å². The number of nitroso groups, excluding NO2 is 1. The van der Waals surface area contributed by atoms with E-state index in [0.29, 0.717) is 17.6 Å². The number of unbranched alkanes of at least 4 members (excludes halogenated alkanes) is 9. The molecule has 0 rings (SSSR count). The van der Waals surface area contributed by atoms with Crippen LogP contribution in [0.15, 0.2) is 25.3 Å². The van der Waals surface area contributed by atoms with Crippen LogP contribution in [0.4, 0.5) is 0 Å². The van der Waals surface area contributed by atoms with Gasteiger partial charge in [-0.3, -0.25) is 4.79 Å². The monoisotopic (exact) mass is 408 g/mol. The molecular weight excluding hydrogens is 366 g/mol. The third-order valence-corrected chi connectivity index (χ3v) is 5.03. The second kappa shape index (κ2) is 19.5. The number of hydrogen-bond acceptors (Lipinski definition) is 4. The second-order valence-electron chi connectivity index (χ2n) is 7.67. The summed E-state index contributed by atoms with van der Waals surface area (Å²) in [6.45, 7) is 9.30. The van der Waals surface area contributed by atoms with Crippen molar-refractivity contribution in [2.24, 2.45) is 0 Å². The third kappa shape index (κ3) is 16.8. The number of allylic oxidation sites excluding steroid dienone is 1. The van der Waals surface area contributed by atoms with Gasteiger partial charge in [0.15, 0.2) is 0 Å². The topological polar surface area (TPSA) is 63.5 Å². The van der Waals surface area contributed by atoms with E-state index in [1.807, 2.05) is 6.08 Å². The molecule has 1 amide bonds. The Balaban J connectivity index is 3.66. The van der Waals surface area contributed by atoms with E-state index in [-0.39, 0.29) is 24.5 Å². The Morgan fingerprint density at radius 3 is 2.07 bits per heavy atom. The molecule has 0 aliphatic rings. The molecule has 0 bridgehead atoms. The Morgan fingerprint density at radius 2 is 1.45 bits per heavy atom. The zero-order chi connectivity index (χ0) is 21.7. The number of carbonyl (C=O) groups excluding carboxylic acids is 2. The standard InChI is InChI=1S/C24H42NO4/c1-4-7-8-9-10-14-17-20-24(27)29-22(6-3)18-15-12-11-13-16-19-23(26)25(28)21-5-2/h4-5,22H,1-2,6-21H2,3H3/q+1. The lowest BCUT2D eigenvalue weighted by atomic mass is 10.1. The molecule has 0 aromatic heterocycles. The van der Waals surface area contributed by atoms with Crippen molar-refractivity contribution in [2.75, 3.05) is 6.54 Å². The fraction of sp³-hybridized carbons (Fsp3) is 0.750. The minimum Gasteiger partial charge on any atom is -0.462 e. The normalized spacial score (nSPS) is 11.6. The van der Waals surface area contributed by atoms with E-state index in [4.69, 9.17) is 4.74 Å². The lowest BCUT2D eigenvalue weighted by molar-refractivity contribution is -0.459. The van der Waals surface area contributed by atoms with Crippen LogP contribution in [0.2, 0.25) is 0 Å². The van der Waals surface area contributed by atoms with Crippen molar-refractivity contribution in [1.82, 2.24) is 0 Å². The molecule has 0 aliphatic heterocycles. The van der Waals surface area contributed by atoms with E-state index < -0.39 is 0 Å². The van der Waals surface area contributed by atoms with E-state index in [2.05, 4.69) is 20.1 Å². The van der Waals surface area contributed by atoms with Gasteiger partial charge in [-0.15, -0.1) is 6.58 Å². The van der Waals surface area contributed by atoms with Crippen LogP contribution >= 0.6 is 0 Å². The van der Waals surface area contributed by atoms with Gasteiger partial charge in [0.1, 0.15) is 6.10 Å². The zero-order valence-electron chi connectivity index (χ0n) is 18.5.